The van der Waals surface area contributed by atoms with Gasteiger partial charge in [0.05, 0.1) is 17.6 Å². The molecular formula is C27H29N5O3S2. The Morgan fingerprint density at radius 2 is 1.70 bits per heavy atom. The van der Waals surface area contributed by atoms with Crippen molar-refractivity contribution in [2.45, 2.75) is 26.8 Å². The molecular weight excluding hydrogens is 506 g/mol. The van der Waals surface area contributed by atoms with Crippen LogP contribution in [0.5, 0.6) is 5.75 Å². The highest BCUT2D eigenvalue weighted by molar-refractivity contribution is 8.26. The minimum absolute atomic E-state index is 0.0534. The standard InChI is InChI=1S/C27H29N5O3S2/c1-17(2)32-26(34)22(37-27(32)36)15-21-24(28-23-10-5-18(3)16-31(23)25(21)33)30-13-11-29(12-14-30)19-6-8-20(35-4)9-7-19/h5-10,15-17H,11-14H2,1-4H3/b22-15-. The lowest BCUT2D eigenvalue weighted by Gasteiger charge is -2.37. The maximum Gasteiger partial charge on any atom is 0.267 e. The van der Waals surface area contributed by atoms with E-state index in [1.807, 2.05) is 45.0 Å². The molecule has 1 amide bonds. The summed E-state index contributed by atoms with van der Waals surface area (Å²) < 4.78 is 7.34. The number of fused-ring (bicyclic) bond motifs is 1. The molecule has 192 valence electrons. The van der Waals surface area contributed by atoms with Gasteiger partial charge in [0.25, 0.3) is 11.5 Å². The molecule has 0 radical (unpaired) electrons. The van der Waals surface area contributed by atoms with E-state index in [1.54, 1.807) is 28.7 Å². The van der Waals surface area contributed by atoms with Crippen molar-refractivity contribution in [2.75, 3.05) is 43.1 Å². The topological polar surface area (TPSA) is 70.4 Å². The number of pyridine rings is 1. The Labute approximate surface area is 225 Å². The van der Waals surface area contributed by atoms with Gasteiger partial charge in [0.1, 0.15) is 21.5 Å². The molecule has 3 aromatic rings. The van der Waals surface area contributed by atoms with Crippen molar-refractivity contribution in [2.24, 2.45) is 0 Å². The first-order valence-electron chi connectivity index (χ1n) is 12.2. The number of carbonyl (C=O) groups is 1. The first-order valence-corrected chi connectivity index (χ1v) is 13.4. The summed E-state index contributed by atoms with van der Waals surface area (Å²) in [5.74, 6) is 1.25. The number of anilines is 2. The van der Waals surface area contributed by atoms with E-state index >= 15 is 0 Å². The van der Waals surface area contributed by atoms with E-state index in [9.17, 15) is 9.59 Å². The highest BCUT2D eigenvalue weighted by Crippen LogP contribution is 2.35. The molecule has 0 spiro atoms. The third-order valence-corrected chi connectivity index (χ3v) is 7.95. The molecule has 0 bridgehead atoms. The van der Waals surface area contributed by atoms with E-state index in [0.29, 0.717) is 39.3 Å². The van der Waals surface area contributed by atoms with Crippen molar-refractivity contribution in [3.05, 3.63) is 69.0 Å². The third kappa shape index (κ3) is 4.83. The number of thiocarbonyl (C=S) groups is 1. The quantitative estimate of drug-likeness (QED) is 0.359. The number of piperazine rings is 1. The fraction of sp³-hybridized carbons (Fsp3) is 0.333. The van der Waals surface area contributed by atoms with Crippen molar-refractivity contribution in [1.29, 1.82) is 0 Å². The Balaban J connectivity index is 1.51. The smallest absolute Gasteiger partial charge is 0.267 e. The number of methoxy groups -OCH3 is 1. The van der Waals surface area contributed by atoms with Crippen LogP contribution in [-0.2, 0) is 4.79 Å². The second-order valence-corrected chi connectivity index (χ2v) is 11.1. The van der Waals surface area contributed by atoms with Gasteiger partial charge in [-0.2, -0.15) is 0 Å². The highest BCUT2D eigenvalue weighted by atomic mass is 32.2. The number of benzene rings is 1. The lowest BCUT2D eigenvalue weighted by atomic mass is 10.2. The molecule has 8 nitrogen and oxygen atoms in total. The molecule has 0 unspecified atom stereocenters. The van der Waals surface area contributed by atoms with E-state index in [0.717, 1.165) is 30.1 Å². The lowest BCUT2D eigenvalue weighted by molar-refractivity contribution is -0.123. The molecule has 5 rings (SSSR count). The first-order chi connectivity index (χ1) is 17.8. The summed E-state index contributed by atoms with van der Waals surface area (Å²) in [5.41, 5.74) is 2.87. The molecule has 37 heavy (non-hydrogen) atoms. The molecule has 0 N–H and O–H groups in total. The summed E-state index contributed by atoms with van der Waals surface area (Å²) in [6.45, 7) is 8.72. The van der Waals surface area contributed by atoms with Crippen LogP contribution in [0.25, 0.3) is 11.7 Å². The highest BCUT2D eigenvalue weighted by Gasteiger charge is 2.34. The average Bonchev–Trinajstić information content (AvgIpc) is 3.18. The summed E-state index contributed by atoms with van der Waals surface area (Å²) in [6, 6.07) is 11.8. The Kier molecular flexibility index (Phi) is 6.96. The SMILES string of the molecule is COc1ccc(N2CCN(c3nc4ccc(C)cn4c(=O)c3/C=C3\SC(=S)N(C(C)C)C3=O)CC2)cc1. The van der Waals surface area contributed by atoms with Crippen molar-refractivity contribution in [3.63, 3.8) is 0 Å². The lowest BCUT2D eigenvalue weighted by Crippen LogP contribution is -2.47. The summed E-state index contributed by atoms with van der Waals surface area (Å²) in [5, 5.41) is 0. The predicted molar refractivity (Wildman–Crippen MR) is 154 cm³/mol. The van der Waals surface area contributed by atoms with Gasteiger partial charge in [-0.3, -0.25) is 18.9 Å². The van der Waals surface area contributed by atoms with Crippen LogP contribution >= 0.6 is 24.0 Å². The predicted octanol–water partition coefficient (Wildman–Crippen LogP) is 3.95. The average molecular weight is 536 g/mol. The van der Waals surface area contributed by atoms with Crippen molar-refractivity contribution < 1.29 is 9.53 Å². The van der Waals surface area contributed by atoms with Crippen LogP contribution in [0.4, 0.5) is 11.5 Å². The fourth-order valence-electron chi connectivity index (χ4n) is 4.64. The zero-order chi connectivity index (χ0) is 26.3. The van der Waals surface area contributed by atoms with Crippen LogP contribution in [0.2, 0.25) is 0 Å². The van der Waals surface area contributed by atoms with Crippen molar-refractivity contribution in [3.8, 4) is 5.75 Å². The number of hydrogen-bond donors (Lipinski definition) is 0. The van der Waals surface area contributed by atoms with E-state index in [-0.39, 0.29) is 17.5 Å². The Morgan fingerprint density at radius 1 is 1.03 bits per heavy atom. The molecule has 0 aliphatic carbocycles. The molecule has 4 heterocycles. The molecule has 2 aliphatic rings. The number of aryl methyl sites for hydroxylation is 1. The molecule has 0 atom stereocenters. The van der Waals surface area contributed by atoms with E-state index in [1.165, 1.54) is 11.8 Å². The van der Waals surface area contributed by atoms with E-state index in [2.05, 4.69) is 21.9 Å². The van der Waals surface area contributed by atoms with Gasteiger partial charge >= 0.3 is 0 Å². The Morgan fingerprint density at radius 3 is 2.32 bits per heavy atom. The van der Waals surface area contributed by atoms with Gasteiger partial charge in [0.2, 0.25) is 0 Å². The Hall–Kier alpha value is -3.37. The second-order valence-electron chi connectivity index (χ2n) is 9.41. The maximum atomic E-state index is 13.7. The zero-order valence-electron chi connectivity index (χ0n) is 21.3. The molecule has 0 saturated carbocycles. The van der Waals surface area contributed by atoms with E-state index < -0.39 is 0 Å². The number of nitrogens with zero attached hydrogens (tertiary/aromatic N) is 5. The second kappa shape index (κ2) is 10.2. The molecule has 1 aromatic carbocycles. The number of aromatic nitrogens is 2. The summed E-state index contributed by atoms with van der Waals surface area (Å²) in [6.07, 6.45) is 3.46. The molecule has 2 aliphatic heterocycles. The van der Waals surface area contributed by atoms with Crippen LogP contribution in [0.15, 0.2) is 52.3 Å². The number of rotatable bonds is 5. The molecule has 2 aromatic heterocycles. The Bertz CT molecular complexity index is 1460. The monoisotopic (exact) mass is 535 g/mol. The summed E-state index contributed by atoms with van der Waals surface area (Å²) >= 11 is 6.69. The van der Waals surface area contributed by atoms with Gasteiger partial charge in [-0.25, -0.2) is 4.98 Å². The number of ether oxygens (including phenoxy) is 1. The van der Waals surface area contributed by atoms with Gasteiger partial charge in [-0.05, 0) is 62.7 Å². The zero-order valence-corrected chi connectivity index (χ0v) is 22.9. The maximum absolute atomic E-state index is 13.7. The van der Waals surface area contributed by atoms with E-state index in [4.69, 9.17) is 21.9 Å². The molecule has 2 saturated heterocycles. The normalized spacial score (nSPS) is 17.5. The molecule has 10 heteroatoms. The van der Waals surface area contributed by atoms with Crippen molar-refractivity contribution in [1.82, 2.24) is 14.3 Å². The minimum atomic E-state index is -0.198. The number of carbonyl (C=O) groups excluding carboxylic acids is 1. The number of thioether (sulfide) groups is 1. The van der Waals surface area contributed by atoms with Gasteiger partial charge in [-0.15, -0.1) is 0 Å². The van der Waals surface area contributed by atoms with Crippen LogP contribution in [0.3, 0.4) is 0 Å². The fourth-order valence-corrected chi connectivity index (χ4v) is 6.15. The van der Waals surface area contributed by atoms with Gasteiger partial charge in [0, 0.05) is 44.1 Å². The van der Waals surface area contributed by atoms with Crippen LogP contribution in [-0.4, -0.2) is 63.8 Å². The van der Waals surface area contributed by atoms with Crippen molar-refractivity contribution >= 4 is 57.4 Å². The largest absolute Gasteiger partial charge is 0.497 e. The number of hydrogen-bond acceptors (Lipinski definition) is 8. The molecule has 2 fully saturated rings. The van der Waals surface area contributed by atoms with Crippen LogP contribution < -0.4 is 20.1 Å². The van der Waals surface area contributed by atoms with Gasteiger partial charge in [-0.1, -0.05) is 30.0 Å². The van der Waals surface area contributed by atoms with Crippen LogP contribution in [0, 0.1) is 6.92 Å². The van der Waals surface area contributed by atoms with Crippen LogP contribution in [0.1, 0.15) is 25.0 Å². The summed E-state index contributed by atoms with van der Waals surface area (Å²) in [7, 11) is 1.66. The third-order valence-electron chi connectivity index (χ3n) is 6.62. The number of amides is 1. The van der Waals surface area contributed by atoms with Gasteiger partial charge in [0.15, 0.2) is 0 Å². The summed E-state index contributed by atoms with van der Waals surface area (Å²) in [4.78, 5) is 38.2. The minimum Gasteiger partial charge on any atom is -0.497 e. The first kappa shape index (κ1) is 25.3. The van der Waals surface area contributed by atoms with Gasteiger partial charge < -0.3 is 14.5 Å².